The number of fused-ring (bicyclic) bond motifs is 2. The SMILES string of the molecule is C=CCN1CC2CCCC(C1)N2. The molecule has 0 aromatic heterocycles. The number of piperazine rings is 1. The van der Waals surface area contributed by atoms with Crippen molar-refractivity contribution in [1.29, 1.82) is 0 Å². The average Bonchev–Trinajstić information content (AvgIpc) is 2.04. The highest BCUT2D eigenvalue weighted by Gasteiger charge is 2.28. The van der Waals surface area contributed by atoms with Crippen molar-refractivity contribution in [2.24, 2.45) is 0 Å². The predicted octanol–water partition coefficient (Wildman–Crippen LogP) is 0.999. The lowest BCUT2D eigenvalue weighted by molar-refractivity contribution is 0.136. The Kier molecular flexibility index (Phi) is 2.47. The molecule has 12 heavy (non-hydrogen) atoms. The molecular weight excluding hydrogens is 148 g/mol. The van der Waals surface area contributed by atoms with Crippen LogP contribution in [-0.4, -0.2) is 36.6 Å². The molecule has 1 N–H and O–H groups in total. The Morgan fingerprint density at radius 2 is 2.00 bits per heavy atom. The van der Waals surface area contributed by atoms with E-state index in [1.54, 1.807) is 0 Å². The molecule has 0 radical (unpaired) electrons. The van der Waals surface area contributed by atoms with Crippen LogP contribution in [0.25, 0.3) is 0 Å². The zero-order valence-corrected chi connectivity index (χ0v) is 7.63. The van der Waals surface area contributed by atoms with Gasteiger partial charge in [-0.1, -0.05) is 12.5 Å². The number of hydrogen-bond donors (Lipinski definition) is 1. The van der Waals surface area contributed by atoms with E-state index in [1.807, 2.05) is 6.08 Å². The van der Waals surface area contributed by atoms with Crippen LogP contribution in [0.2, 0.25) is 0 Å². The second kappa shape index (κ2) is 3.58. The number of nitrogens with one attached hydrogen (secondary N) is 1. The minimum atomic E-state index is 0.762. The summed E-state index contributed by atoms with van der Waals surface area (Å²) in [4.78, 5) is 2.51. The van der Waals surface area contributed by atoms with Crippen LogP contribution >= 0.6 is 0 Å². The molecule has 0 spiro atoms. The number of hydrogen-bond acceptors (Lipinski definition) is 2. The van der Waals surface area contributed by atoms with Crippen molar-refractivity contribution in [3.05, 3.63) is 12.7 Å². The van der Waals surface area contributed by atoms with Crippen molar-refractivity contribution in [1.82, 2.24) is 10.2 Å². The van der Waals surface area contributed by atoms with Gasteiger partial charge >= 0.3 is 0 Å². The Morgan fingerprint density at radius 1 is 1.33 bits per heavy atom. The molecule has 2 heterocycles. The van der Waals surface area contributed by atoms with Crippen LogP contribution in [0.3, 0.4) is 0 Å². The quantitative estimate of drug-likeness (QED) is 0.616. The third-order valence-electron chi connectivity index (χ3n) is 2.92. The van der Waals surface area contributed by atoms with E-state index in [0.717, 1.165) is 18.6 Å². The Morgan fingerprint density at radius 3 is 2.58 bits per heavy atom. The highest BCUT2D eigenvalue weighted by molar-refractivity contribution is 4.91. The second-order valence-corrected chi connectivity index (χ2v) is 4.00. The van der Waals surface area contributed by atoms with Gasteiger partial charge in [0.1, 0.15) is 0 Å². The lowest BCUT2D eigenvalue weighted by Gasteiger charge is -2.42. The third-order valence-corrected chi connectivity index (χ3v) is 2.92. The molecule has 0 aromatic rings. The maximum atomic E-state index is 3.79. The van der Waals surface area contributed by atoms with Crippen LogP contribution in [0.1, 0.15) is 19.3 Å². The average molecular weight is 166 g/mol. The fourth-order valence-corrected chi connectivity index (χ4v) is 2.43. The first-order valence-corrected chi connectivity index (χ1v) is 4.98. The van der Waals surface area contributed by atoms with Crippen LogP contribution in [0.4, 0.5) is 0 Å². The monoisotopic (exact) mass is 166 g/mol. The number of rotatable bonds is 2. The summed E-state index contributed by atoms with van der Waals surface area (Å²) < 4.78 is 0. The van der Waals surface area contributed by atoms with Crippen LogP contribution in [0.15, 0.2) is 12.7 Å². The Labute approximate surface area is 74.6 Å². The predicted molar refractivity (Wildman–Crippen MR) is 51.2 cm³/mol. The van der Waals surface area contributed by atoms with Gasteiger partial charge in [0.15, 0.2) is 0 Å². The van der Waals surface area contributed by atoms with Gasteiger partial charge in [0.05, 0.1) is 0 Å². The molecule has 2 saturated heterocycles. The standard InChI is InChI=1S/C10H18N2/c1-2-6-12-7-9-4-3-5-10(8-12)11-9/h2,9-11H,1,3-8H2. The summed E-state index contributed by atoms with van der Waals surface area (Å²) in [6, 6.07) is 1.52. The van der Waals surface area contributed by atoms with Gasteiger partial charge in [-0.3, -0.25) is 4.90 Å². The summed E-state index contributed by atoms with van der Waals surface area (Å²) in [6.07, 6.45) is 6.17. The van der Waals surface area contributed by atoms with Gasteiger partial charge in [0, 0.05) is 31.7 Å². The van der Waals surface area contributed by atoms with Gasteiger partial charge in [-0.25, -0.2) is 0 Å². The normalized spacial score (nSPS) is 36.3. The molecule has 2 bridgehead atoms. The Hall–Kier alpha value is -0.340. The topological polar surface area (TPSA) is 15.3 Å². The molecular formula is C10H18N2. The van der Waals surface area contributed by atoms with E-state index in [9.17, 15) is 0 Å². The van der Waals surface area contributed by atoms with Gasteiger partial charge in [-0.2, -0.15) is 0 Å². The minimum Gasteiger partial charge on any atom is -0.309 e. The van der Waals surface area contributed by atoms with Crippen LogP contribution in [0, 0.1) is 0 Å². The van der Waals surface area contributed by atoms with E-state index in [4.69, 9.17) is 0 Å². The molecule has 0 aliphatic carbocycles. The Bertz CT molecular complexity index is 155. The summed E-state index contributed by atoms with van der Waals surface area (Å²) in [7, 11) is 0. The fraction of sp³-hybridized carbons (Fsp3) is 0.800. The first-order valence-electron chi connectivity index (χ1n) is 4.98. The molecule has 2 rings (SSSR count). The maximum Gasteiger partial charge on any atom is 0.0198 e. The molecule has 0 saturated carbocycles. The van der Waals surface area contributed by atoms with E-state index in [0.29, 0.717) is 0 Å². The Balaban J connectivity index is 1.91. The lowest BCUT2D eigenvalue weighted by Crippen LogP contribution is -2.58. The van der Waals surface area contributed by atoms with Gasteiger partial charge in [-0.15, -0.1) is 6.58 Å². The first-order chi connectivity index (χ1) is 5.88. The third kappa shape index (κ3) is 1.70. The molecule has 2 nitrogen and oxygen atoms in total. The highest BCUT2D eigenvalue weighted by atomic mass is 15.2. The van der Waals surface area contributed by atoms with Gasteiger partial charge in [0.2, 0.25) is 0 Å². The number of likely N-dealkylation sites (tertiary alicyclic amines) is 1. The van der Waals surface area contributed by atoms with Crippen molar-refractivity contribution in [2.75, 3.05) is 19.6 Å². The van der Waals surface area contributed by atoms with Crippen molar-refractivity contribution in [2.45, 2.75) is 31.3 Å². The van der Waals surface area contributed by atoms with Crippen molar-refractivity contribution in [3.63, 3.8) is 0 Å². The maximum absolute atomic E-state index is 3.79. The van der Waals surface area contributed by atoms with Gasteiger partial charge in [0.25, 0.3) is 0 Å². The summed E-state index contributed by atoms with van der Waals surface area (Å²) in [6.45, 7) is 7.30. The molecule has 0 amide bonds. The van der Waals surface area contributed by atoms with Gasteiger partial charge in [-0.05, 0) is 12.8 Å². The largest absolute Gasteiger partial charge is 0.309 e. The summed E-state index contributed by atoms with van der Waals surface area (Å²) >= 11 is 0. The molecule has 2 aliphatic rings. The number of nitrogens with zero attached hydrogens (tertiary/aromatic N) is 1. The minimum absolute atomic E-state index is 0.762. The van der Waals surface area contributed by atoms with Crippen molar-refractivity contribution in [3.8, 4) is 0 Å². The number of piperidine rings is 1. The van der Waals surface area contributed by atoms with E-state index in [1.165, 1.54) is 32.4 Å². The van der Waals surface area contributed by atoms with Crippen molar-refractivity contribution >= 4 is 0 Å². The molecule has 0 aromatic carbocycles. The molecule has 2 heteroatoms. The molecule has 2 fully saturated rings. The second-order valence-electron chi connectivity index (χ2n) is 4.00. The molecule has 2 unspecified atom stereocenters. The van der Waals surface area contributed by atoms with E-state index in [-0.39, 0.29) is 0 Å². The summed E-state index contributed by atoms with van der Waals surface area (Å²) in [5.74, 6) is 0. The van der Waals surface area contributed by atoms with E-state index in [2.05, 4.69) is 16.8 Å². The lowest BCUT2D eigenvalue weighted by atomic mass is 9.94. The summed E-state index contributed by atoms with van der Waals surface area (Å²) in [5, 5.41) is 3.67. The van der Waals surface area contributed by atoms with Crippen LogP contribution in [-0.2, 0) is 0 Å². The van der Waals surface area contributed by atoms with Crippen LogP contribution < -0.4 is 5.32 Å². The molecule has 2 atom stereocenters. The highest BCUT2D eigenvalue weighted by Crippen LogP contribution is 2.18. The molecule has 2 aliphatic heterocycles. The smallest absolute Gasteiger partial charge is 0.0198 e. The van der Waals surface area contributed by atoms with Crippen LogP contribution in [0.5, 0.6) is 0 Å². The fourth-order valence-electron chi connectivity index (χ4n) is 2.43. The molecule has 68 valence electrons. The van der Waals surface area contributed by atoms with Crippen molar-refractivity contribution < 1.29 is 0 Å². The zero-order chi connectivity index (χ0) is 8.39. The van der Waals surface area contributed by atoms with E-state index < -0.39 is 0 Å². The first kappa shape index (κ1) is 8.27. The zero-order valence-electron chi connectivity index (χ0n) is 7.63. The summed E-state index contributed by atoms with van der Waals surface area (Å²) in [5.41, 5.74) is 0. The van der Waals surface area contributed by atoms with Gasteiger partial charge < -0.3 is 5.32 Å². The van der Waals surface area contributed by atoms with E-state index >= 15 is 0 Å².